The Morgan fingerprint density at radius 1 is 1.19 bits per heavy atom. The number of halogens is 2. The summed E-state index contributed by atoms with van der Waals surface area (Å²) in [6.07, 6.45) is 3.37. The lowest BCUT2D eigenvalue weighted by molar-refractivity contribution is -0.0505. The predicted molar refractivity (Wildman–Crippen MR) is 114 cm³/mol. The quantitative estimate of drug-likeness (QED) is 0.378. The summed E-state index contributed by atoms with van der Waals surface area (Å²) in [5, 5.41) is 14.6. The number of nitrogens with one attached hydrogen (secondary N) is 2. The lowest BCUT2D eigenvalue weighted by Crippen LogP contribution is -2.38. The van der Waals surface area contributed by atoms with Crippen LogP contribution >= 0.6 is 0 Å². The van der Waals surface area contributed by atoms with Crippen molar-refractivity contribution in [1.29, 1.82) is 0 Å². The predicted octanol–water partition coefficient (Wildman–Crippen LogP) is 3.03. The molecule has 1 aromatic carbocycles. The number of fused-ring (bicyclic) bond motifs is 1. The molecule has 166 valence electrons. The second-order valence-corrected chi connectivity index (χ2v) is 6.64. The third-order valence-electron chi connectivity index (χ3n) is 4.42. The van der Waals surface area contributed by atoms with Crippen LogP contribution in [0.3, 0.4) is 0 Å². The van der Waals surface area contributed by atoms with E-state index in [1.807, 2.05) is 35.7 Å². The van der Waals surface area contributed by atoms with Gasteiger partial charge in [0.05, 0.1) is 6.61 Å². The molecule has 3 rings (SSSR count). The number of hydrogen-bond acceptors (Lipinski definition) is 5. The van der Waals surface area contributed by atoms with Gasteiger partial charge in [0.15, 0.2) is 11.6 Å². The highest BCUT2D eigenvalue weighted by molar-refractivity contribution is 5.79. The molecule has 0 amide bonds. The first-order chi connectivity index (χ1) is 15.1. The minimum atomic E-state index is -2.92. The van der Waals surface area contributed by atoms with E-state index in [0.717, 1.165) is 17.9 Å². The van der Waals surface area contributed by atoms with Gasteiger partial charge in [0.2, 0.25) is 0 Å². The lowest BCUT2D eigenvalue weighted by atomic mass is 10.2. The first kappa shape index (κ1) is 22.3. The summed E-state index contributed by atoms with van der Waals surface area (Å²) >= 11 is 0. The van der Waals surface area contributed by atoms with Crippen LogP contribution in [0.15, 0.2) is 47.6 Å². The fourth-order valence-corrected chi connectivity index (χ4v) is 2.95. The number of alkyl halides is 2. The van der Waals surface area contributed by atoms with Crippen LogP contribution in [0.4, 0.5) is 8.78 Å². The van der Waals surface area contributed by atoms with E-state index in [1.54, 1.807) is 19.2 Å². The molecule has 0 fully saturated rings. The molecule has 0 spiro atoms. The average Bonchev–Trinajstić information content (AvgIpc) is 3.18. The summed E-state index contributed by atoms with van der Waals surface area (Å²) in [5.41, 5.74) is 1.36. The Morgan fingerprint density at radius 2 is 2.06 bits per heavy atom. The van der Waals surface area contributed by atoms with Crippen LogP contribution in [0.25, 0.3) is 5.65 Å². The summed E-state index contributed by atoms with van der Waals surface area (Å²) < 4.78 is 37.8. The van der Waals surface area contributed by atoms with Crippen molar-refractivity contribution in [3.63, 3.8) is 0 Å². The molecule has 10 heteroatoms. The van der Waals surface area contributed by atoms with E-state index in [9.17, 15) is 8.78 Å². The van der Waals surface area contributed by atoms with Gasteiger partial charge in [-0.15, -0.1) is 10.2 Å². The van der Waals surface area contributed by atoms with E-state index in [-0.39, 0.29) is 12.3 Å². The fourth-order valence-electron chi connectivity index (χ4n) is 2.95. The zero-order valence-electron chi connectivity index (χ0n) is 17.5. The van der Waals surface area contributed by atoms with Crippen LogP contribution < -0.4 is 20.1 Å². The summed E-state index contributed by atoms with van der Waals surface area (Å²) in [6, 6.07) is 10.6. The third-order valence-corrected chi connectivity index (χ3v) is 4.42. The molecule has 0 saturated carbocycles. The molecule has 31 heavy (non-hydrogen) atoms. The standard InChI is InChI=1S/C21H26F2N6O2/c1-3-12-30-16-8-7-15(17(13-16)31-20(22)23)14-26-21(24-2)25-10-9-19-28-27-18-6-4-5-11-29(18)19/h4-8,11,13,20H,3,9-10,12,14H2,1-2H3,(H2,24,25,26). The van der Waals surface area contributed by atoms with Crippen LogP contribution in [0.1, 0.15) is 24.7 Å². The molecule has 2 heterocycles. The highest BCUT2D eigenvalue weighted by Crippen LogP contribution is 2.26. The molecule has 0 saturated heterocycles. The van der Waals surface area contributed by atoms with Gasteiger partial charge in [-0.25, -0.2) is 0 Å². The molecule has 0 unspecified atom stereocenters. The van der Waals surface area contributed by atoms with E-state index in [1.165, 1.54) is 6.07 Å². The second kappa shape index (κ2) is 11.1. The Hall–Kier alpha value is -3.43. The molecule has 3 aromatic rings. The zero-order valence-corrected chi connectivity index (χ0v) is 17.5. The number of guanidine groups is 1. The van der Waals surface area contributed by atoms with Gasteiger partial charge in [-0.05, 0) is 30.7 Å². The van der Waals surface area contributed by atoms with E-state index in [0.29, 0.717) is 36.8 Å². The number of nitrogens with zero attached hydrogens (tertiary/aromatic N) is 4. The number of aromatic nitrogens is 3. The summed E-state index contributed by atoms with van der Waals surface area (Å²) in [6.45, 7) is 0.377. The Bertz CT molecular complexity index is 1010. The molecule has 2 N–H and O–H groups in total. The van der Waals surface area contributed by atoms with Gasteiger partial charge < -0.3 is 20.1 Å². The largest absolute Gasteiger partial charge is 0.493 e. The lowest BCUT2D eigenvalue weighted by Gasteiger charge is -2.15. The topological polar surface area (TPSA) is 85.1 Å². The normalized spacial score (nSPS) is 11.7. The van der Waals surface area contributed by atoms with E-state index < -0.39 is 6.61 Å². The molecule has 0 radical (unpaired) electrons. The molecular weight excluding hydrogens is 406 g/mol. The van der Waals surface area contributed by atoms with Gasteiger partial charge in [0.25, 0.3) is 0 Å². The molecule has 0 atom stereocenters. The molecule has 8 nitrogen and oxygen atoms in total. The van der Waals surface area contributed by atoms with Gasteiger partial charge in [-0.2, -0.15) is 8.78 Å². The van der Waals surface area contributed by atoms with Crippen molar-refractivity contribution in [2.75, 3.05) is 20.2 Å². The Kier molecular flexibility index (Phi) is 7.97. The number of hydrogen-bond donors (Lipinski definition) is 2. The number of ether oxygens (including phenoxy) is 2. The number of pyridine rings is 1. The summed E-state index contributed by atoms with van der Waals surface area (Å²) in [7, 11) is 1.64. The van der Waals surface area contributed by atoms with E-state index >= 15 is 0 Å². The van der Waals surface area contributed by atoms with Crippen molar-refractivity contribution in [1.82, 2.24) is 25.2 Å². The maximum absolute atomic E-state index is 12.8. The van der Waals surface area contributed by atoms with Crippen molar-refractivity contribution in [3.8, 4) is 11.5 Å². The second-order valence-electron chi connectivity index (χ2n) is 6.64. The SMILES string of the molecule is CCCOc1ccc(CNC(=NC)NCCc2nnc3ccccn23)c(OC(F)F)c1. The monoisotopic (exact) mass is 432 g/mol. The Balaban J connectivity index is 1.56. The van der Waals surface area contributed by atoms with Crippen LogP contribution in [-0.4, -0.2) is 47.4 Å². The summed E-state index contributed by atoms with van der Waals surface area (Å²) in [5.74, 6) is 1.92. The van der Waals surface area contributed by atoms with Gasteiger partial charge in [0.1, 0.15) is 17.3 Å². The molecule has 2 aromatic heterocycles. The molecule has 0 aliphatic heterocycles. The highest BCUT2D eigenvalue weighted by Gasteiger charge is 2.12. The van der Waals surface area contributed by atoms with E-state index in [4.69, 9.17) is 4.74 Å². The maximum atomic E-state index is 12.8. The smallest absolute Gasteiger partial charge is 0.387 e. The Morgan fingerprint density at radius 3 is 2.84 bits per heavy atom. The zero-order chi connectivity index (χ0) is 22.1. The number of aliphatic imine (C=N–C) groups is 1. The van der Waals surface area contributed by atoms with Crippen molar-refractivity contribution < 1.29 is 18.3 Å². The fraction of sp³-hybridized carbons (Fsp3) is 0.381. The first-order valence-electron chi connectivity index (χ1n) is 10.0. The first-order valence-corrected chi connectivity index (χ1v) is 10.0. The highest BCUT2D eigenvalue weighted by atomic mass is 19.3. The number of benzene rings is 1. The van der Waals surface area contributed by atoms with Crippen LogP contribution in [0.5, 0.6) is 11.5 Å². The summed E-state index contributed by atoms with van der Waals surface area (Å²) in [4.78, 5) is 4.17. The van der Waals surface area contributed by atoms with Crippen molar-refractivity contribution >= 4 is 11.6 Å². The van der Waals surface area contributed by atoms with Gasteiger partial charge in [-0.3, -0.25) is 9.39 Å². The molecular formula is C21H26F2N6O2. The molecule has 0 aliphatic carbocycles. The van der Waals surface area contributed by atoms with E-state index in [2.05, 4.69) is 30.6 Å². The minimum Gasteiger partial charge on any atom is -0.493 e. The number of rotatable bonds is 10. The van der Waals surface area contributed by atoms with Gasteiger partial charge in [0, 0.05) is 44.4 Å². The van der Waals surface area contributed by atoms with Crippen molar-refractivity contribution in [2.24, 2.45) is 4.99 Å². The molecule has 0 aliphatic rings. The Labute approximate surface area is 179 Å². The third kappa shape index (κ3) is 6.27. The van der Waals surface area contributed by atoms with Crippen LogP contribution in [0.2, 0.25) is 0 Å². The van der Waals surface area contributed by atoms with Gasteiger partial charge >= 0.3 is 6.61 Å². The molecule has 0 bridgehead atoms. The van der Waals surface area contributed by atoms with Crippen LogP contribution in [-0.2, 0) is 13.0 Å². The average molecular weight is 432 g/mol. The van der Waals surface area contributed by atoms with Crippen molar-refractivity contribution in [3.05, 3.63) is 54.0 Å². The van der Waals surface area contributed by atoms with Gasteiger partial charge in [-0.1, -0.05) is 13.0 Å². The van der Waals surface area contributed by atoms with Crippen molar-refractivity contribution in [2.45, 2.75) is 32.9 Å². The van der Waals surface area contributed by atoms with Crippen LogP contribution in [0, 0.1) is 0 Å². The minimum absolute atomic E-state index is 0.0708. The maximum Gasteiger partial charge on any atom is 0.387 e.